The quantitative estimate of drug-likeness (QED) is 0.698. The van der Waals surface area contributed by atoms with Gasteiger partial charge in [-0.05, 0) is 43.5 Å². The topological polar surface area (TPSA) is 17.1 Å². The van der Waals surface area contributed by atoms with Gasteiger partial charge in [0.1, 0.15) is 0 Å². The maximum atomic E-state index is 12.7. The monoisotopic (exact) mass is 212 g/mol. The number of hydrogen-bond acceptors (Lipinski definition) is 1. The van der Waals surface area contributed by atoms with Crippen molar-refractivity contribution in [1.82, 2.24) is 0 Å². The number of ketones is 1. The zero-order valence-corrected chi connectivity index (χ0v) is 9.10. The Labute approximate surface area is 88.1 Å². The van der Waals surface area contributed by atoms with Crippen molar-refractivity contribution in [2.24, 2.45) is 0 Å². The first kappa shape index (κ1) is 11.8. The number of Topliss-reactive ketones (excluding diaryl/α,β-unsaturated/α-hetero) is 1. The van der Waals surface area contributed by atoms with Gasteiger partial charge in [-0.1, -0.05) is 6.92 Å². The lowest BCUT2D eigenvalue weighted by Crippen LogP contribution is -2.02. The van der Waals surface area contributed by atoms with Gasteiger partial charge in [-0.15, -0.1) is 0 Å². The van der Waals surface area contributed by atoms with Crippen molar-refractivity contribution in [1.29, 1.82) is 0 Å². The van der Waals surface area contributed by atoms with Crippen LogP contribution in [0.15, 0.2) is 12.1 Å². The molecule has 0 aromatic heterocycles. The molecule has 0 aliphatic carbocycles. The largest absolute Gasteiger partial charge is 0.295 e. The van der Waals surface area contributed by atoms with Crippen LogP contribution in [0.25, 0.3) is 0 Å². The highest BCUT2D eigenvalue weighted by Crippen LogP contribution is 2.28. The van der Waals surface area contributed by atoms with E-state index >= 15 is 0 Å². The van der Waals surface area contributed by atoms with Gasteiger partial charge in [-0.25, -0.2) is 8.78 Å². The highest BCUT2D eigenvalue weighted by molar-refractivity contribution is 5.94. The number of aryl methyl sites for hydroxylation is 2. The van der Waals surface area contributed by atoms with Crippen LogP contribution in [-0.2, 0) is 6.42 Å². The van der Waals surface area contributed by atoms with Gasteiger partial charge in [0, 0.05) is 11.1 Å². The van der Waals surface area contributed by atoms with Crippen LogP contribution in [0.3, 0.4) is 0 Å². The molecule has 0 atom stereocenters. The van der Waals surface area contributed by atoms with E-state index in [1.54, 1.807) is 13.0 Å². The van der Waals surface area contributed by atoms with E-state index in [2.05, 4.69) is 0 Å². The summed E-state index contributed by atoms with van der Waals surface area (Å²) in [7, 11) is 0. The number of hydrogen-bond donors (Lipinski definition) is 0. The molecule has 0 aliphatic rings. The molecule has 0 fully saturated rings. The molecule has 82 valence electrons. The molecule has 0 N–H and O–H groups in total. The molecular formula is C12H14F2O. The summed E-state index contributed by atoms with van der Waals surface area (Å²) in [5.41, 5.74) is 1.64. The molecule has 3 heteroatoms. The number of carbonyl (C=O) groups excluding carboxylic acids is 1. The zero-order chi connectivity index (χ0) is 11.6. The molecule has 0 amide bonds. The van der Waals surface area contributed by atoms with Crippen LogP contribution in [0.2, 0.25) is 0 Å². The number of carbonyl (C=O) groups is 1. The normalized spacial score (nSPS) is 10.8. The molecule has 15 heavy (non-hydrogen) atoms. The number of alkyl halides is 2. The van der Waals surface area contributed by atoms with Gasteiger partial charge in [0.15, 0.2) is 5.78 Å². The summed E-state index contributed by atoms with van der Waals surface area (Å²) in [6, 6.07) is 3.10. The van der Waals surface area contributed by atoms with Crippen molar-refractivity contribution in [2.45, 2.75) is 33.6 Å². The molecule has 0 saturated carbocycles. The summed E-state index contributed by atoms with van der Waals surface area (Å²) >= 11 is 0. The molecule has 0 bridgehead atoms. The fourth-order valence-corrected chi connectivity index (χ4v) is 1.68. The second-order valence-electron chi connectivity index (χ2n) is 3.58. The highest BCUT2D eigenvalue weighted by atomic mass is 19.3. The molecule has 1 rings (SSSR count). The first-order valence-corrected chi connectivity index (χ1v) is 4.89. The Balaban J connectivity index is 3.37. The van der Waals surface area contributed by atoms with E-state index in [9.17, 15) is 13.6 Å². The van der Waals surface area contributed by atoms with Crippen LogP contribution in [0.1, 0.15) is 47.3 Å². The third-order valence-corrected chi connectivity index (χ3v) is 2.48. The van der Waals surface area contributed by atoms with E-state index in [0.29, 0.717) is 23.1 Å². The standard InChI is InChI=1S/C12H14F2O/c1-4-9-6-10(8(3)15)5-7(2)11(9)12(13)14/h5-6,12H,4H2,1-3H3. The third-order valence-electron chi connectivity index (χ3n) is 2.48. The van der Waals surface area contributed by atoms with E-state index in [-0.39, 0.29) is 11.3 Å². The number of halogens is 2. The van der Waals surface area contributed by atoms with E-state index in [1.807, 2.05) is 6.92 Å². The summed E-state index contributed by atoms with van der Waals surface area (Å²) in [4.78, 5) is 11.2. The summed E-state index contributed by atoms with van der Waals surface area (Å²) in [5, 5.41) is 0. The van der Waals surface area contributed by atoms with Gasteiger partial charge in [0.05, 0.1) is 0 Å². The minimum absolute atomic E-state index is 0.0718. The van der Waals surface area contributed by atoms with Crippen LogP contribution in [0.5, 0.6) is 0 Å². The first-order valence-electron chi connectivity index (χ1n) is 4.89. The van der Waals surface area contributed by atoms with Crippen LogP contribution < -0.4 is 0 Å². The Morgan fingerprint density at radius 1 is 1.40 bits per heavy atom. The van der Waals surface area contributed by atoms with Gasteiger partial charge in [0.2, 0.25) is 0 Å². The van der Waals surface area contributed by atoms with Crippen LogP contribution in [0, 0.1) is 6.92 Å². The van der Waals surface area contributed by atoms with Crippen molar-refractivity contribution in [3.8, 4) is 0 Å². The molecule has 1 nitrogen and oxygen atoms in total. The van der Waals surface area contributed by atoms with Crippen molar-refractivity contribution < 1.29 is 13.6 Å². The van der Waals surface area contributed by atoms with Gasteiger partial charge >= 0.3 is 0 Å². The number of rotatable bonds is 3. The summed E-state index contributed by atoms with van der Waals surface area (Å²) in [6.07, 6.45) is -1.96. The second-order valence-corrected chi connectivity index (χ2v) is 3.58. The molecular weight excluding hydrogens is 198 g/mol. The smallest absolute Gasteiger partial charge is 0.264 e. The molecule has 0 saturated heterocycles. The van der Waals surface area contributed by atoms with Crippen LogP contribution >= 0.6 is 0 Å². The van der Waals surface area contributed by atoms with Gasteiger partial charge in [0.25, 0.3) is 6.43 Å². The average molecular weight is 212 g/mol. The van der Waals surface area contributed by atoms with Crippen molar-refractivity contribution in [3.05, 3.63) is 34.4 Å². The maximum Gasteiger partial charge on any atom is 0.264 e. The summed E-state index contributed by atoms with van der Waals surface area (Å²) in [6.45, 7) is 4.87. The Morgan fingerprint density at radius 3 is 2.40 bits per heavy atom. The van der Waals surface area contributed by atoms with E-state index < -0.39 is 6.43 Å². The van der Waals surface area contributed by atoms with E-state index in [4.69, 9.17) is 0 Å². The molecule has 1 aromatic carbocycles. The van der Waals surface area contributed by atoms with Gasteiger partial charge < -0.3 is 0 Å². The Kier molecular flexibility index (Phi) is 3.56. The van der Waals surface area contributed by atoms with E-state index in [1.165, 1.54) is 13.0 Å². The molecule has 0 spiro atoms. The average Bonchev–Trinajstić information content (AvgIpc) is 2.15. The number of benzene rings is 1. The SMILES string of the molecule is CCc1cc(C(C)=O)cc(C)c1C(F)F. The van der Waals surface area contributed by atoms with Gasteiger partial charge in [-0.3, -0.25) is 4.79 Å². The molecule has 0 heterocycles. The Morgan fingerprint density at radius 2 is 2.00 bits per heavy atom. The lowest BCUT2D eigenvalue weighted by molar-refractivity contribution is 0.101. The fraction of sp³-hybridized carbons (Fsp3) is 0.417. The fourth-order valence-electron chi connectivity index (χ4n) is 1.68. The Hall–Kier alpha value is -1.25. The second kappa shape index (κ2) is 4.51. The van der Waals surface area contributed by atoms with E-state index in [0.717, 1.165) is 0 Å². The van der Waals surface area contributed by atoms with Crippen molar-refractivity contribution in [2.75, 3.05) is 0 Å². The predicted octanol–water partition coefficient (Wildman–Crippen LogP) is 3.70. The van der Waals surface area contributed by atoms with Crippen LogP contribution in [-0.4, -0.2) is 5.78 Å². The van der Waals surface area contributed by atoms with Crippen molar-refractivity contribution >= 4 is 5.78 Å². The molecule has 0 unspecified atom stereocenters. The lowest BCUT2D eigenvalue weighted by atomic mass is 9.96. The van der Waals surface area contributed by atoms with Crippen LogP contribution in [0.4, 0.5) is 8.78 Å². The molecule has 1 aromatic rings. The first-order chi connectivity index (χ1) is 6.97. The summed E-state index contributed by atoms with van der Waals surface area (Å²) in [5.74, 6) is -0.0892. The Bertz CT molecular complexity index is 383. The minimum atomic E-state index is -2.47. The third kappa shape index (κ3) is 2.41. The zero-order valence-electron chi connectivity index (χ0n) is 9.10. The minimum Gasteiger partial charge on any atom is -0.295 e. The molecule has 0 aliphatic heterocycles. The highest BCUT2D eigenvalue weighted by Gasteiger charge is 2.16. The lowest BCUT2D eigenvalue weighted by Gasteiger charge is -2.12. The maximum absolute atomic E-state index is 12.7. The van der Waals surface area contributed by atoms with Crippen molar-refractivity contribution in [3.63, 3.8) is 0 Å². The predicted molar refractivity (Wildman–Crippen MR) is 55.5 cm³/mol. The summed E-state index contributed by atoms with van der Waals surface area (Å²) < 4.78 is 25.4. The van der Waals surface area contributed by atoms with Gasteiger partial charge in [-0.2, -0.15) is 0 Å². The molecule has 0 radical (unpaired) electrons.